The molecule has 4 heterocycles. The van der Waals surface area contributed by atoms with Crippen LogP contribution in [0.3, 0.4) is 0 Å². The molecule has 1 fully saturated rings. The van der Waals surface area contributed by atoms with E-state index in [1.165, 1.54) is 0 Å². The maximum absolute atomic E-state index is 13.0. The van der Waals surface area contributed by atoms with Gasteiger partial charge in [-0.15, -0.1) is 0 Å². The molecule has 170 valence electrons. The molecule has 2 amide bonds. The molecule has 0 unspecified atom stereocenters. The molecule has 0 aliphatic carbocycles. The van der Waals surface area contributed by atoms with Crippen molar-refractivity contribution >= 4 is 17.6 Å². The summed E-state index contributed by atoms with van der Waals surface area (Å²) in [4.78, 5) is 39.1. The second kappa shape index (κ2) is 8.77. The molecule has 2 aliphatic rings. The van der Waals surface area contributed by atoms with Gasteiger partial charge in [0.05, 0.1) is 13.0 Å². The van der Waals surface area contributed by atoms with Gasteiger partial charge in [0.15, 0.2) is 0 Å². The van der Waals surface area contributed by atoms with Crippen molar-refractivity contribution in [3.8, 4) is 0 Å². The molecule has 0 bridgehead atoms. The van der Waals surface area contributed by atoms with Gasteiger partial charge in [0, 0.05) is 43.0 Å². The largest absolute Gasteiger partial charge is 0.337 e. The number of hydrogen-bond acceptors (Lipinski definition) is 5. The van der Waals surface area contributed by atoms with E-state index in [2.05, 4.69) is 5.10 Å². The number of carbonyl (C=O) groups is 2. The molecule has 0 radical (unpaired) electrons. The minimum Gasteiger partial charge on any atom is -0.337 e. The molecule has 33 heavy (non-hydrogen) atoms. The number of nitrogens with zero attached hydrogens (tertiary/aromatic N) is 6. The van der Waals surface area contributed by atoms with E-state index in [1.807, 2.05) is 55.3 Å². The maximum Gasteiger partial charge on any atom is 0.274 e. The predicted molar refractivity (Wildman–Crippen MR) is 124 cm³/mol. The lowest BCUT2D eigenvalue weighted by molar-refractivity contribution is -0.117. The van der Waals surface area contributed by atoms with Crippen molar-refractivity contribution in [3.05, 3.63) is 70.9 Å². The first kappa shape index (κ1) is 21.3. The Morgan fingerprint density at radius 3 is 2.73 bits per heavy atom. The normalized spacial score (nSPS) is 18.0. The fourth-order valence-corrected chi connectivity index (χ4v) is 4.69. The zero-order chi connectivity index (χ0) is 22.9. The van der Waals surface area contributed by atoms with Crippen molar-refractivity contribution in [3.63, 3.8) is 0 Å². The number of aromatic nitrogens is 4. The Hall–Kier alpha value is -3.55. The number of fused-ring (bicyclic) bond motifs is 1. The van der Waals surface area contributed by atoms with Gasteiger partial charge in [-0.2, -0.15) is 5.10 Å². The highest BCUT2D eigenvalue weighted by Gasteiger charge is 2.34. The van der Waals surface area contributed by atoms with Crippen LogP contribution in [0.2, 0.25) is 0 Å². The number of aryl methyl sites for hydroxylation is 2. The number of likely N-dealkylation sites (tertiary alicyclic amines) is 1. The van der Waals surface area contributed by atoms with Crippen LogP contribution in [0.5, 0.6) is 0 Å². The average Bonchev–Trinajstić information content (AvgIpc) is 3.45. The summed E-state index contributed by atoms with van der Waals surface area (Å²) in [5.41, 5.74) is 3.30. The van der Waals surface area contributed by atoms with Crippen LogP contribution in [-0.4, -0.2) is 49.6 Å². The highest BCUT2D eigenvalue weighted by molar-refractivity contribution is 6.00. The Bertz CT molecular complexity index is 1190. The van der Waals surface area contributed by atoms with Crippen molar-refractivity contribution in [1.29, 1.82) is 0 Å². The van der Waals surface area contributed by atoms with Crippen molar-refractivity contribution in [2.45, 2.75) is 52.1 Å². The first-order valence-corrected chi connectivity index (χ1v) is 11.6. The van der Waals surface area contributed by atoms with Crippen molar-refractivity contribution in [2.75, 3.05) is 18.0 Å². The monoisotopic (exact) mass is 444 g/mol. The quantitative estimate of drug-likeness (QED) is 0.604. The standard InChI is InChI=1S/C25H28N6O2/c1-3-30-13-11-21(28-30)25(33)29-12-7-10-19(16-29)23-26-17(2)20-14-22(32)31(24(20)27-23)15-18-8-5-4-6-9-18/h4-6,8-9,11,13,19H,3,7,10,12,14-16H2,1-2H3/t19-/m1/s1. The number of rotatable bonds is 5. The second-order valence-electron chi connectivity index (χ2n) is 8.76. The summed E-state index contributed by atoms with van der Waals surface area (Å²) in [6.45, 7) is 6.44. The Labute approximate surface area is 193 Å². The van der Waals surface area contributed by atoms with Gasteiger partial charge in [-0.05, 0) is 38.3 Å². The molecule has 3 aromatic rings. The van der Waals surface area contributed by atoms with E-state index < -0.39 is 0 Å². The first-order valence-electron chi connectivity index (χ1n) is 11.6. The van der Waals surface area contributed by atoms with Gasteiger partial charge in [0.2, 0.25) is 5.91 Å². The Morgan fingerprint density at radius 1 is 1.15 bits per heavy atom. The van der Waals surface area contributed by atoms with Gasteiger partial charge in [0.25, 0.3) is 5.91 Å². The van der Waals surface area contributed by atoms with Gasteiger partial charge >= 0.3 is 0 Å². The highest BCUT2D eigenvalue weighted by atomic mass is 16.2. The predicted octanol–water partition coefficient (Wildman–Crippen LogP) is 3.11. The molecule has 8 heteroatoms. The smallest absolute Gasteiger partial charge is 0.274 e. The maximum atomic E-state index is 13.0. The number of piperidine rings is 1. The van der Waals surface area contributed by atoms with E-state index in [4.69, 9.17) is 9.97 Å². The fraction of sp³-hybridized carbons (Fsp3) is 0.400. The summed E-state index contributed by atoms with van der Waals surface area (Å²) in [5.74, 6) is 1.47. The third-order valence-electron chi connectivity index (χ3n) is 6.54. The molecule has 1 aromatic carbocycles. The molecule has 1 saturated heterocycles. The molecule has 5 rings (SSSR count). The summed E-state index contributed by atoms with van der Waals surface area (Å²) in [6.07, 6.45) is 3.97. The average molecular weight is 445 g/mol. The summed E-state index contributed by atoms with van der Waals surface area (Å²) in [5, 5.41) is 4.37. The van der Waals surface area contributed by atoms with Gasteiger partial charge < -0.3 is 4.90 Å². The Balaban J connectivity index is 1.39. The Morgan fingerprint density at radius 2 is 1.97 bits per heavy atom. The van der Waals surface area contributed by atoms with Gasteiger partial charge in [-0.3, -0.25) is 19.2 Å². The number of benzene rings is 1. The first-order chi connectivity index (χ1) is 16.0. The van der Waals surface area contributed by atoms with Crippen molar-refractivity contribution < 1.29 is 9.59 Å². The molecular weight excluding hydrogens is 416 g/mol. The van der Waals surface area contributed by atoms with Gasteiger partial charge in [-0.25, -0.2) is 9.97 Å². The zero-order valence-corrected chi connectivity index (χ0v) is 19.1. The van der Waals surface area contributed by atoms with Crippen molar-refractivity contribution in [2.24, 2.45) is 0 Å². The van der Waals surface area contributed by atoms with Crippen LogP contribution in [0.1, 0.15) is 58.8 Å². The van der Waals surface area contributed by atoms with Gasteiger partial charge in [-0.1, -0.05) is 30.3 Å². The molecule has 0 N–H and O–H groups in total. The van der Waals surface area contributed by atoms with Crippen LogP contribution in [0, 0.1) is 6.92 Å². The van der Waals surface area contributed by atoms with Crippen LogP contribution in [0.25, 0.3) is 0 Å². The third kappa shape index (κ3) is 4.13. The fourth-order valence-electron chi connectivity index (χ4n) is 4.69. The van der Waals surface area contributed by atoms with E-state index in [1.54, 1.807) is 15.6 Å². The van der Waals surface area contributed by atoms with Crippen LogP contribution in [0.4, 0.5) is 5.82 Å². The number of hydrogen-bond donors (Lipinski definition) is 0. The van der Waals surface area contributed by atoms with Crippen LogP contribution >= 0.6 is 0 Å². The second-order valence-corrected chi connectivity index (χ2v) is 8.76. The molecule has 1 atom stereocenters. The minimum absolute atomic E-state index is 0.0363. The van der Waals surface area contributed by atoms with Crippen LogP contribution in [0.15, 0.2) is 42.6 Å². The van der Waals surface area contributed by atoms with Gasteiger partial charge in [0.1, 0.15) is 17.3 Å². The van der Waals surface area contributed by atoms with Crippen LogP contribution < -0.4 is 4.90 Å². The summed E-state index contributed by atoms with van der Waals surface area (Å²) >= 11 is 0. The SMILES string of the molecule is CCn1ccc(C(=O)N2CCC[C@@H](c3nc(C)c4c(n3)N(Cc3ccccc3)C(=O)C4)C2)n1. The highest BCUT2D eigenvalue weighted by Crippen LogP contribution is 2.33. The van der Waals surface area contributed by atoms with Crippen molar-refractivity contribution in [1.82, 2.24) is 24.6 Å². The Kier molecular flexibility index (Phi) is 5.66. The van der Waals surface area contributed by atoms with E-state index in [0.717, 1.165) is 47.8 Å². The summed E-state index contributed by atoms with van der Waals surface area (Å²) in [6, 6.07) is 11.7. The molecular formula is C25H28N6O2. The van der Waals surface area contributed by atoms with E-state index >= 15 is 0 Å². The summed E-state index contributed by atoms with van der Waals surface area (Å²) < 4.78 is 1.76. The van der Waals surface area contributed by atoms with E-state index in [-0.39, 0.29) is 17.7 Å². The van der Waals surface area contributed by atoms with E-state index in [9.17, 15) is 9.59 Å². The minimum atomic E-state index is -0.0503. The van der Waals surface area contributed by atoms with Crippen LogP contribution in [-0.2, 0) is 24.3 Å². The molecule has 8 nitrogen and oxygen atoms in total. The zero-order valence-electron chi connectivity index (χ0n) is 19.1. The molecule has 2 aromatic heterocycles. The number of amides is 2. The molecule has 0 spiro atoms. The van der Waals surface area contributed by atoms with E-state index in [0.29, 0.717) is 31.7 Å². The summed E-state index contributed by atoms with van der Waals surface area (Å²) in [7, 11) is 0. The molecule has 0 saturated carbocycles. The lowest BCUT2D eigenvalue weighted by Gasteiger charge is -2.32. The molecule has 2 aliphatic heterocycles. The number of anilines is 1. The third-order valence-corrected chi connectivity index (χ3v) is 6.54. The lowest BCUT2D eigenvalue weighted by atomic mass is 9.96. The number of carbonyl (C=O) groups excluding carboxylic acids is 2. The lowest BCUT2D eigenvalue weighted by Crippen LogP contribution is -2.40. The topological polar surface area (TPSA) is 84.2 Å².